The minimum Gasteiger partial charge on any atom is -0.326 e. The van der Waals surface area contributed by atoms with E-state index in [9.17, 15) is 0 Å². The Kier molecular flexibility index (Phi) is 4.10. The van der Waals surface area contributed by atoms with Gasteiger partial charge in [0.15, 0.2) is 0 Å². The fourth-order valence-electron chi connectivity index (χ4n) is 3.10. The number of hydrogen-bond acceptors (Lipinski definition) is 2. The number of piperidine rings is 1. The van der Waals surface area contributed by atoms with Gasteiger partial charge in [-0.2, -0.15) is 0 Å². The first-order valence-corrected chi connectivity index (χ1v) is 6.66. The highest BCUT2D eigenvalue weighted by Gasteiger charge is 2.42. The van der Waals surface area contributed by atoms with E-state index in [0.29, 0.717) is 11.3 Å². The van der Waals surface area contributed by atoms with Crippen molar-refractivity contribution in [3.63, 3.8) is 0 Å². The van der Waals surface area contributed by atoms with E-state index in [1.165, 1.54) is 5.57 Å². The van der Waals surface area contributed by atoms with Crippen molar-refractivity contribution in [1.29, 1.82) is 0 Å². The summed E-state index contributed by atoms with van der Waals surface area (Å²) < 4.78 is 0. The summed E-state index contributed by atoms with van der Waals surface area (Å²) in [4.78, 5) is 2.36. The van der Waals surface area contributed by atoms with Crippen molar-refractivity contribution in [1.82, 2.24) is 4.90 Å². The number of rotatable bonds is 3. The molecular weight excluding hydrogens is 208 g/mol. The molecule has 2 atom stereocenters. The van der Waals surface area contributed by atoms with Crippen LogP contribution in [0.15, 0.2) is 12.2 Å². The standard InChI is InChI=1S/C15H30N2/c1-11(2)14(3,4)8-12-13(16)9-17(7)10-15(12,5)6/h12-13H,1,8-10,16H2,2-7H3. The topological polar surface area (TPSA) is 29.3 Å². The smallest absolute Gasteiger partial charge is 0.0202 e. The molecule has 0 bridgehead atoms. The number of nitrogens with zero attached hydrogens (tertiary/aromatic N) is 1. The lowest BCUT2D eigenvalue weighted by molar-refractivity contribution is 0.0309. The van der Waals surface area contributed by atoms with Crippen molar-refractivity contribution in [3.8, 4) is 0 Å². The molecular formula is C15H30N2. The Morgan fingerprint density at radius 3 is 2.41 bits per heavy atom. The quantitative estimate of drug-likeness (QED) is 0.766. The first-order valence-electron chi connectivity index (χ1n) is 6.66. The molecule has 0 aromatic carbocycles. The molecule has 17 heavy (non-hydrogen) atoms. The summed E-state index contributed by atoms with van der Waals surface area (Å²) in [6, 6.07) is 0.280. The van der Waals surface area contributed by atoms with Crippen LogP contribution in [-0.2, 0) is 0 Å². The van der Waals surface area contributed by atoms with Crippen LogP contribution in [0.5, 0.6) is 0 Å². The van der Waals surface area contributed by atoms with Crippen LogP contribution in [0.4, 0.5) is 0 Å². The first-order chi connectivity index (χ1) is 7.56. The maximum atomic E-state index is 6.38. The lowest BCUT2D eigenvalue weighted by atomic mass is 9.64. The van der Waals surface area contributed by atoms with E-state index in [1.54, 1.807) is 0 Å². The highest BCUT2D eigenvalue weighted by molar-refractivity contribution is 5.06. The number of likely N-dealkylation sites (tertiary alicyclic amines) is 1. The molecule has 0 aliphatic carbocycles. The third kappa shape index (κ3) is 3.32. The molecule has 0 spiro atoms. The van der Waals surface area contributed by atoms with Gasteiger partial charge in [-0.1, -0.05) is 39.8 Å². The zero-order valence-corrected chi connectivity index (χ0v) is 12.5. The van der Waals surface area contributed by atoms with Gasteiger partial charge in [-0.15, -0.1) is 0 Å². The monoisotopic (exact) mass is 238 g/mol. The molecule has 2 N–H and O–H groups in total. The van der Waals surface area contributed by atoms with Crippen LogP contribution in [-0.4, -0.2) is 31.1 Å². The Morgan fingerprint density at radius 2 is 2.00 bits per heavy atom. The molecule has 2 heteroatoms. The average molecular weight is 238 g/mol. The lowest BCUT2D eigenvalue weighted by Gasteiger charge is -2.49. The SMILES string of the molecule is C=C(C)C(C)(C)CC1C(N)CN(C)CC1(C)C. The van der Waals surface area contributed by atoms with Crippen molar-refractivity contribution in [2.75, 3.05) is 20.1 Å². The van der Waals surface area contributed by atoms with Crippen molar-refractivity contribution in [2.45, 2.75) is 47.1 Å². The van der Waals surface area contributed by atoms with Crippen LogP contribution in [0.2, 0.25) is 0 Å². The number of hydrogen-bond donors (Lipinski definition) is 1. The second-order valence-corrected chi connectivity index (χ2v) is 7.32. The van der Waals surface area contributed by atoms with Gasteiger partial charge in [-0.3, -0.25) is 0 Å². The number of allylic oxidation sites excluding steroid dienone is 1. The van der Waals surface area contributed by atoms with Gasteiger partial charge in [0.25, 0.3) is 0 Å². The van der Waals surface area contributed by atoms with Crippen LogP contribution in [0.25, 0.3) is 0 Å². The average Bonchev–Trinajstić information content (AvgIpc) is 2.10. The van der Waals surface area contributed by atoms with Crippen LogP contribution >= 0.6 is 0 Å². The van der Waals surface area contributed by atoms with Gasteiger partial charge in [-0.25, -0.2) is 0 Å². The van der Waals surface area contributed by atoms with E-state index >= 15 is 0 Å². The largest absolute Gasteiger partial charge is 0.326 e. The molecule has 0 aromatic rings. The highest BCUT2D eigenvalue weighted by atomic mass is 15.1. The molecule has 0 amide bonds. The minimum absolute atomic E-state index is 0.190. The molecule has 1 aliphatic rings. The van der Waals surface area contributed by atoms with Crippen LogP contribution in [0.3, 0.4) is 0 Å². The fourth-order valence-corrected chi connectivity index (χ4v) is 3.10. The molecule has 1 heterocycles. The number of likely N-dealkylation sites (N-methyl/N-ethyl adjacent to an activating group) is 1. The molecule has 2 nitrogen and oxygen atoms in total. The predicted octanol–water partition coefficient (Wildman–Crippen LogP) is 2.89. The van der Waals surface area contributed by atoms with E-state index in [1.807, 2.05) is 0 Å². The summed E-state index contributed by atoms with van der Waals surface area (Å²) in [5, 5.41) is 0. The molecule has 1 fully saturated rings. The third-order valence-corrected chi connectivity index (χ3v) is 4.61. The van der Waals surface area contributed by atoms with Crippen molar-refractivity contribution in [2.24, 2.45) is 22.5 Å². The zero-order valence-electron chi connectivity index (χ0n) is 12.5. The van der Waals surface area contributed by atoms with Gasteiger partial charge in [0.2, 0.25) is 0 Å². The summed E-state index contributed by atoms with van der Waals surface area (Å²) in [5.74, 6) is 0.574. The Bertz CT molecular complexity index is 291. The van der Waals surface area contributed by atoms with Crippen LogP contribution in [0.1, 0.15) is 41.0 Å². The summed E-state index contributed by atoms with van der Waals surface area (Å²) in [7, 11) is 2.17. The molecule has 1 saturated heterocycles. The Morgan fingerprint density at radius 1 is 1.47 bits per heavy atom. The van der Waals surface area contributed by atoms with Crippen LogP contribution < -0.4 is 5.73 Å². The van der Waals surface area contributed by atoms with E-state index in [2.05, 4.69) is 53.1 Å². The van der Waals surface area contributed by atoms with E-state index in [4.69, 9.17) is 5.73 Å². The van der Waals surface area contributed by atoms with Crippen molar-refractivity contribution < 1.29 is 0 Å². The minimum atomic E-state index is 0.190. The maximum Gasteiger partial charge on any atom is 0.0202 e. The molecule has 0 aromatic heterocycles. The maximum absolute atomic E-state index is 6.38. The van der Waals surface area contributed by atoms with Gasteiger partial charge < -0.3 is 10.6 Å². The Labute approximate surface area is 107 Å². The first kappa shape index (κ1) is 14.7. The molecule has 100 valence electrons. The van der Waals surface area contributed by atoms with Gasteiger partial charge in [0, 0.05) is 19.1 Å². The van der Waals surface area contributed by atoms with Crippen molar-refractivity contribution >= 4 is 0 Å². The third-order valence-electron chi connectivity index (χ3n) is 4.61. The highest BCUT2D eigenvalue weighted by Crippen LogP contribution is 2.43. The Hall–Kier alpha value is -0.340. The summed E-state index contributed by atoms with van der Waals surface area (Å²) in [6.45, 7) is 17.7. The summed E-state index contributed by atoms with van der Waals surface area (Å²) in [5.41, 5.74) is 8.13. The molecule has 2 unspecified atom stereocenters. The summed E-state index contributed by atoms with van der Waals surface area (Å²) >= 11 is 0. The van der Waals surface area contributed by atoms with E-state index in [-0.39, 0.29) is 11.5 Å². The van der Waals surface area contributed by atoms with E-state index < -0.39 is 0 Å². The van der Waals surface area contributed by atoms with Crippen LogP contribution in [0, 0.1) is 16.7 Å². The second kappa shape index (κ2) is 4.74. The van der Waals surface area contributed by atoms with Gasteiger partial charge in [0.1, 0.15) is 0 Å². The molecule has 0 radical (unpaired) electrons. The van der Waals surface area contributed by atoms with Crippen molar-refractivity contribution in [3.05, 3.63) is 12.2 Å². The zero-order chi connectivity index (χ0) is 13.4. The van der Waals surface area contributed by atoms with Gasteiger partial charge >= 0.3 is 0 Å². The lowest BCUT2D eigenvalue weighted by Crippen LogP contribution is -2.56. The molecule has 1 aliphatic heterocycles. The fraction of sp³-hybridized carbons (Fsp3) is 0.867. The Balaban J connectivity index is 2.85. The number of nitrogens with two attached hydrogens (primary N) is 1. The summed E-state index contributed by atoms with van der Waals surface area (Å²) in [6.07, 6.45) is 1.14. The molecule has 0 saturated carbocycles. The molecule has 1 rings (SSSR count). The van der Waals surface area contributed by atoms with Gasteiger partial charge in [0.05, 0.1) is 0 Å². The normalized spacial score (nSPS) is 30.3. The van der Waals surface area contributed by atoms with E-state index in [0.717, 1.165) is 19.5 Å². The second-order valence-electron chi connectivity index (χ2n) is 7.32. The predicted molar refractivity (Wildman–Crippen MR) is 76.0 cm³/mol. The van der Waals surface area contributed by atoms with Gasteiger partial charge in [-0.05, 0) is 37.1 Å².